The zero-order valence-corrected chi connectivity index (χ0v) is 19.6. The summed E-state index contributed by atoms with van der Waals surface area (Å²) < 4.78 is 57.2. The summed E-state index contributed by atoms with van der Waals surface area (Å²) in [6.45, 7) is 5.98. The zero-order chi connectivity index (χ0) is 23.8. The van der Waals surface area contributed by atoms with Crippen molar-refractivity contribution >= 4 is 27.0 Å². The molecule has 0 spiro atoms. The molecule has 0 radical (unpaired) electrons. The molecule has 0 saturated carbocycles. The highest BCUT2D eigenvalue weighted by Gasteiger charge is 2.27. The highest BCUT2D eigenvalue weighted by Crippen LogP contribution is 2.41. The van der Waals surface area contributed by atoms with Crippen molar-refractivity contribution in [1.29, 1.82) is 0 Å². The fraction of sp³-hybridized carbons (Fsp3) is 0.174. The number of hydrogen-bond acceptors (Lipinski definition) is 6. The topological polar surface area (TPSA) is 84.8 Å². The van der Waals surface area contributed by atoms with Crippen LogP contribution in [0.2, 0.25) is 0 Å². The quantitative estimate of drug-likeness (QED) is 0.394. The number of nitrogens with zero attached hydrogens (tertiary/aromatic N) is 3. The minimum atomic E-state index is -4.35. The van der Waals surface area contributed by atoms with Crippen LogP contribution in [0.3, 0.4) is 0 Å². The first-order valence-electron chi connectivity index (χ1n) is 9.92. The lowest BCUT2D eigenvalue weighted by Crippen LogP contribution is -2.15. The normalized spacial score (nSPS) is 12.0. The largest absolute Gasteiger partial charge is 0.277 e. The second kappa shape index (κ2) is 8.60. The van der Waals surface area contributed by atoms with Gasteiger partial charge in [-0.25, -0.2) is 32.2 Å². The molecule has 170 valence electrons. The lowest BCUT2D eigenvalue weighted by atomic mass is 9.98. The molecule has 2 aromatic carbocycles. The van der Waals surface area contributed by atoms with Crippen LogP contribution < -0.4 is 4.72 Å². The van der Waals surface area contributed by atoms with Gasteiger partial charge < -0.3 is 0 Å². The van der Waals surface area contributed by atoms with E-state index in [2.05, 4.69) is 19.7 Å². The summed E-state index contributed by atoms with van der Waals surface area (Å²) in [6.07, 6.45) is 2.98. The maximum Gasteiger partial charge on any atom is 0.264 e. The van der Waals surface area contributed by atoms with Crippen LogP contribution >= 0.6 is 11.3 Å². The fourth-order valence-electron chi connectivity index (χ4n) is 3.08. The van der Waals surface area contributed by atoms with Crippen LogP contribution in [-0.2, 0) is 15.4 Å². The molecule has 0 aliphatic rings. The maximum absolute atomic E-state index is 15.6. The Morgan fingerprint density at radius 3 is 2.42 bits per heavy atom. The van der Waals surface area contributed by atoms with Gasteiger partial charge in [-0.05, 0) is 30.3 Å². The van der Waals surface area contributed by atoms with Gasteiger partial charge >= 0.3 is 0 Å². The number of benzene rings is 2. The zero-order valence-electron chi connectivity index (χ0n) is 18.0. The average Bonchev–Trinajstić information content (AvgIpc) is 3.22. The van der Waals surface area contributed by atoms with Crippen molar-refractivity contribution in [3.63, 3.8) is 0 Å². The molecule has 33 heavy (non-hydrogen) atoms. The first-order valence-corrected chi connectivity index (χ1v) is 12.2. The van der Waals surface area contributed by atoms with Gasteiger partial charge in [-0.3, -0.25) is 4.72 Å². The molecule has 2 heterocycles. The Bertz CT molecular complexity index is 1420. The fourth-order valence-corrected chi connectivity index (χ4v) is 5.33. The molecule has 0 aliphatic heterocycles. The SMILES string of the molecule is CC(C)(C)c1nc(-c2cccc(NS(=O)(=O)c3ccccc3F)c2F)c(-c2ccncn2)s1. The van der Waals surface area contributed by atoms with Gasteiger partial charge in [-0.15, -0.1) is 11.3 Å². The number of nitrogens with one attached hydrogen (secondary N) is 1. The van der Waals surface area contributed by atoms with Gasteiger partial charge in [0.15, 0.2) is 5.82 Å². The molecule has 4 aromatic rings. The van der Waals surface area contributed by atoms with E-state index in [0.29, 0.717) is 16.3 Å². The molecule has 0 bridgehead atoms. The smallest absolute Gasteiger partial charge is 0.264 e. The standard InChI is InChI=1S/C23H20F2N4O2S2/c1-23(2,3)22-28-20(21(32-22)17-11-12-26-13-27-17)14-7-6-9-16(19(14)25)29-33(30,31)18-10-5-4-8-15(18)24/h4-13,29H,1-3H3. The van der Waals surface area contributed by atoms with E-state index in [0.717, 1.165) is 17.1 Å². The van der Waals surface area contributed by atoms with Gasteiger partial charge in [0, 0.05) is 17.2 Å². The highest BCUT2D eigenvalue weighted by molar-refractivity contribution is 7.92. The Morgan fingerprint density at radius 1 is 1.00 bits per heavy atom. The third kappa shape index (κ3) is 4.62. The van der Waals surface area contributed by atoms with Crippen molar-refractivity contribution < 1.29 is 17.2 Å². The minimum absolute atomic E-state index is 0.101. The Balaban J connectivity index is 1.83. The number of halogens is 2. The molecule has 0 unspecified atom stereocenters. The number of anilines is 1. The number of rotatable bonds is 5. The van der Waals surface area contributed by atoms with Gasteiger partial charge in [0.1, 0.15) is 17.0 Å². The molecule has 0 atom stereocenters. The summed E-state index contributed by atoms with van der Waals surface area (Å²) in [5, 5.41) is 0.767. The number of sulfonamides is 1. The predicted octanol–water partition coefficient (Wildman–Crippen LogP) is 5.64. The van der Waals surface area contributed by atoms with E-state index in [1.54, 1.807) is 12.3 Å². The monoisotopic (exact) mass is 486 g/mol. The van der Waals surface area contributed by atoms with Crippen molar-refractivity contribution in [3.8, 4) is 21.8 Å². The molecule has 6 nitrogen and oxygen atoms in total. The predicted molar refractivity (Wildman–Crippen MR) is 124 cm³/mol. The number of aromatic nitrogens is 3. The minimum Gasteiger partial charge on any atom is -0.277 e. The van der Waals surface area contributed by atoms with E-state index in [9.17, 15) is 12.8 Å². The van der Waals surface area contributed by atoms with Gasteiger partial charge in [0.2, 0.25) is 0 Å². The Kier molecular flexibility index (Phi) is 5.98. The van der Waals surface area contributed by atoms with Crippen LogP contribution in [0.15, 0.2) is 66.0 Å². The van der Waals surface area contributed by atoms with Crippen molar-refractivity contribution in [2.24, 2.45) is 0 Å². The molecule has 0 fully saturated rings. The molecule has 0 amide bonds. The third-order valence-electron chi connectivity index (χ3n) is 4.71. The van der Waals surface area contributed by atoms with Crippen molar-refractivity contribution in [3.05, 3.63) is 77.7 Å². The van der Waals surface area contributed by atoms with Crippen molar-refractivity contribution in [2.45, 2.75) is 31.1 Å². The lowest BCUT2D eigenvalue weighted by molar-refractivity contribution is 0.569. The van der Waals surface area contributed by atoms with Crippen LogP contribution in [0.25, 0.3) is 21.8 Å². The first-order chi connectivity index (χ1) is 15.6. The van der Waals surface area contributed by atoms with Gasteiger partial charge in [-0.2, -0.15) is 0 Å². The average molecular weight is 487 g/mol. The number of hydrogen-bond donors (Lipinski definition) is 1. The van der Waals surface area contributed by atoms with E-state index in [-0.39, 0.29) is 16.7 Å². The van der Waals surface area contributed by atoms with E-state index in [4.69, 9.17) is 0 Å². The molecular formula is C23H20F2N4O2S2. The molecule has 4 rings (SSSR count). The van der Waals surface area contributed by atoms with Gasteiger partial charge in [0.05, 0.1) is 27.0 Å². The lowest BCUT2D eigenvalue weighted by Gasteiger charge is -2.14. The van der Waals surface area contributed by atoms with Crippen LogP contribution in [0.5, 0.6) is 0 Å². The molecule has 1 N–H and O–H groups in total. The molecular weight excluding hydrogens is 466 g/mol. The summed E-state index contributed by atoms with van der Waals surface area (Å²) in [5.41, 5.74) is 0.405. The van der Waals surface area contributed by atoms with E-state index in [1.165, 1.54) is 48.0 Å². The summed E-state index contributed by atoms with van der Waals surface area (Å²) in [6, 6.07) is 10.9. The Morgan fingerprint density at radius 2 is 1.76 bits per heavy atom. The van der Waals surface area contributed by atoms with Gasteiger partial charge in [-0.1, -0.05) is 39.0 Å². The van der Waals surface area contributed by atoms with E-state index < -0.39 is 26.6 Å². The Hall–Kier alpha value is -3.24. The van der Waals surface area contributed by atoms with E-state index in [1.807, 2.05) is 20.8 Å². The van der Waals surface area contributed by atoms with Crippen LogP contribution in [0, 0.1) is 11.6 Å². The number of thiazole rings is 1. The van der Waals surface area contributed by atoms with Crippen LogP contribution in [-0.4, -0.2) is 23.4 Å². The van der Waals surface area contributed by atoms with E-state index >= 15 is 4.39 Å². The second-order valence-corrected chi connectivity index (χ2v) is 10.9. The highest BCUT2D eigenvalue weighted by atomic mass is 32.2. The molecule has 10 heteroatoms. The molecule has 0 saturated heterocycles. The Labute approximate surface area is 194 Å². The van der Waals surface area contributed by atoms with Crippen LogP contribution in [0.1, 0.15) is 25.8 Å². The van der Waals surface area contributed by atoms with Crippen molar-refractivity contribution in [2.75, 3.05) is 4.72 Å². The molecule has 2 aromatic heterocycles. The first kappa shape index (κ1) is 22.9. The maximum atomic E-state index is 15.6. The summed E-state index contributed by atoms with van der Waals surface area (Å²) in [7, 11) is -4.35. The third-order valence-corrected chi connectivity index (χ3v) is 7.61. The summed E-state index contributed by atoms with van der Waals surface area (Å²) in [4.78, 5) is 12.9. The summed E-state index contributed by atoms with van der Waals surface area (Å²) in [5.74, 6) is -1.75. The van der Waals surface area contributed by atoms with Gasteiger partial charge in [0.25, 0.3) is 10.0 Å². The van der Waals surface area contributed by atoms with Crippen LogP contribution in [0.4, 0.5) is 14.5 Å². The van der Waals surface area contributed by atoms with Crippen molar-refractivity contribution in [1.82, 2.24) is 15.0 Å². The second-order valence-electron chi connectivity index (χ2n) is 8.24. The summed E-state index contributed by atoms with van der Waals surface area (Å²) >= 11 is 1.38. The molecule has 0 aliphatic carbocycles.